The molecule has 3 aliphatic rings. The number of esters is 2. The summed E-state index contributed by atoms with van der Waals surface area (Å²) in [4.78, 5) is 98.5. The zero-order valence-corrected chi connectivity index (χ0v) is 61.5. The van der Waals surface area contributed by atoms with Crippen molar-refractivity contribution in [2.75, 3.05) is 60.2 Å². The molecule has 3 aliphatic heterocycles. The van der Waals surface area contributed by atoms with E-state index in [4.69, 9.17) is 37.2 Å². The standard InChI is InChI=1S/C31H33ClN2O5.C31H32N2O5.CH3F.CH2O3.2Cs.H/c1-39-31(38)27-18-25(34(28(36)19-32)26(21-35)17-22-11-5-2-6-12-22)20-33(27)30(37)29(23-13-7-3-8-14-23)24-15-9-4-10-16-24;1-37-31(36)27-18-25(33-26(20-38-21-28(33)34)17-22-11-5-2-6-12-22)19-32(27)30(35)29(23-13-7-3-8-14-23)24-15-9-4-10-16-24;1-2;2-1-4-3;;;/h2-16,25-27,29,35H,17-21H2,1H3;2-16,25-27,29H,17-21H2,1H3;1H3;1,3H;;;/q;;;;2*+1;-1/p-1/t2*25-,26-,27-;;;;;/m00...../s1/i;;1D;;;;. The zero-order chi connectivity index (χ0) is 60.4. The van der Waals surface area contributed by atoms with Crippen LogP contribution in [0.5, 0.6) is 0 Å². The first-order valence-corrected chi connectivity index (χ1v) is 27.4. The number of rotatable bonds is 18. The Balaban J connectivity index is 0.000000399. The third kappa shape index (κ3) is 20.2. The van der Waals surface area contributed by atoms with E-state index in [0.717, 1.165) is 33.4 Å². The molecule has 3 saturated heterocycles. The van der Waals surface area contributed by atoms with E-state index in [0.29, 0.717) is 25.9 Å². The van der Waals surface area contributed by atoms with Crippen LogP contribution in [0.1, 0.15) is 60.9 Å². The number of aliphatic hydroxyl groups is 1. The van der Waals surface area contributed by atoms with Crippen LogP contribution in [0.25, 0.3) is 0 Å². The summed E-state index contributed by atoms with van der Waals surface area (Å²) in [5.41, 5.74) is 5.34. The van der Waals surface area contributed by atoms with E-state index in [-0.39, 0.29) is 220 Å². The molecule has 440 valence electrons. The van der Waals surface area contributed by atoms with Crippen LogP contribution in [0.4, 0.5) is 4.39 Å². The second kappa shape index (κ2) is 39.0. The Hall–Kier alpha value is -4.19. The number of hydrogen-bond acceptors (Lipinski definition) is 13. The van der Waals surface area contributed by atoms with Crippen molar-refractivity contribution < 1.29 is 208 Å². The molecule has 21 heteroatoms. The number of likely N-dealkylation sites (tertiary alicyclic amines) is 2. The number of halogens is 2. The van der Waals surface area contributed by atoms with Gasteiger partial charge in [0.15, 0.2) is 0 Å². The molecule has 6 atom stereocenters. The number of nitrogens with zero attached hydrogens (tertiary/aromatic N) is 4. The maximum absolute atomic E-state index is 14.3. The maximum Gasteiger partial charge on any atom is 1.00 e. The van der Waals surface area contributed by atoms with Gasteiger partial charge in [-0.2, -0.15) is 0 Å². The fourth-order valence-electron chi connectivity index (χ4n) is 11.2. The molecular formula is C64H70ClCs2FN4O13. The number of amides is 4. The quantitative estimate of drug-likeness (QED) is 0.0402. The first kappa shape index (κ1) is 71.6. The number of aliphatic hydroxyl groups excluding tert-OH is 1. The van der Waals surface area contributed by atoms with Gasteiger partial charge in [0, 0.05) is 25.9 Å². The third-order valence-corrected chi connectivity index (χ3v) is 15.0. The van der Waals surface area contributed by atoms with Crippen LogP contribution in [0.15, 0.2) is 182 Å². The van der Waals surface area contributed by atoms with Gasteiger partial charge < -0.3 is 50.5 Å². The Morgan fingerprint density at radius 1 is 0.706 bits per heavy atom. The summed E-state index contributed by atoms with van der Waals surface area (Å²) < 4.78 is 31.3. The Bertz CT molecular complexity index is 2940. The van der Waals surface area contributed by atoms with Gasteiger partial charge in [0.1, 0.15) is 24.6 Å². The average Bonchev–Trinajstić information content (AvgIpc) is 2.16. The van der Waals surface area contributed by atoms with E-state index in [1.54, 1.807) is 9.80 Å². The number of ether oxygens (including phenoxy) is 3. The van der Waals surface area contributed by atoms with Gasteiger partial charge in [0.05, 0.1) is 72.0 Å². The van der Waals surface area contributed by atoms with Crippen molar-refractivity contribution in [3.05, 3.63) is 215 Å². The third-order valence-electron chi connectivity index (χ3n) is 14.8. The summed E-state index contributed by atoms with van der Waals surface area (Å²) >= 11 is 6.02. The number of morpholine rings is 1. The van der Waals surface area contributed by atoms with Crippen LogP contribution in [0.3, 0.4) is 0 Å². The molecule has 0 aliphatic carbocycles. The maximum atomic E-state index is 14.3. The van der Waals surface area contributed by atoms with E-state index in [2.05, 4.69) is 4.89 Å². The van der Waals surface area contributed by atoms with Gasteiger partial charge in [0.2, 0.25) is 23.6 Å². The molecule has 6 aromatic carbocycles. The van der Waals surface area contributed by atoms with Gasteiger partial charge in [-0.15, -0.1) is 11.6 Å². The van der Waals surface area contributed by atoms with Gasteiger partial charge >= 0.3 is 150 Å². The molecule has 3 fully saturated rings. The van der Waals surface area contributed by atoms with Crippen molar-refractivity contribution in [3.63, 3.8) is 0 Å². The van der Waals surface area contributed by atoms with E-state index in [1.165, 1.54) is 19.1 Å². The molecule has 1 N–H and O–H groups in total. The van der Waals surface area contributed by atoms with Crippen molar-refractivity contribution >= 4 is 53.6 Å². The van der Waals surface area contributed by atoms with Crippen LogP contribution in [0, 0.1) is 0 Å². The molecule has 0 radical (unpaired) electrons. The van der Waals surface area contributed by atoms with Crippen LogP contribution >= 0.6 is 11.6 Å². The average molecular weight is 1420 g/mol. The predicted octanol–water partition coefficient (Wildman–Crippen LogP) is 0.204. The first-order valence-electron chi connectivity index (χ1n) is 27.6. The van der Waals surface area contributed by atoms with Gasteiger partial charge in [-0.05, 0) is 46.2 Å². The number of methoxy groups -OCH3 is 2. The van der Waals surface area contributed by atoms with Crippen molar-refractivity contribution in [2.24, 2.45) is 0 Å². The Kier molecular flexibility index (Phi) is 32.8. The summed E-state index contributed by atoms with van der Waals surface area (Å²) in [5, 5.41) is 18.8. The topological polar surface area (TPSA) is 213 Å². The molecule has 0 spiro atoms. The van der Waals surface area contributed by atoms with Gasteiger partial charge in [-0.3, -0.25) is 28.4 Å². The van der Waals surface area contributed by atoms with Crippen molar-refractivity contribution in [2.45, 2.75) is 73.8 Å². The van der Waals surface area contributed by atoms with Gasteiger partial charge in [-0.25, -0.2) is 9.59 Å². The minimum absolute atomic E-state index is 0. The summed E-state index contributed by atoms with van der Waals surface area (Å²) in [5.74, 6) is -3.45. The van der Waals surface area contributed by atoms with E-state index in [9.17, 15) is 38.3 Å². The molecule has 4 amide bonds. The second-order valence-electron chi connectivity index (χ2n) is 19.7. The fourth-order valence-corrected chi connectivity index (χ4v) is 11.3. The van der Waals surface area contributed by atoms with Gasteiger partial charge in [0.25, 0.3) is 6.47 Å². The minimum Gasteiger partial charge on any atom is -1.00 e. The normalized spacial score (nSPS) is 18.2. The van der Waals surface area contributed by atoms with Crippen molar-refractivity contribution in [1.82, 2.24) is 19.6 Å². The first-order chi connectivity index (χ1) is 40.9. The summed E-state index contributed by atoms with van der Waals surface area (Å²) in [6.07, 6.45) is 1.55. The van der Waals surface area contributed by atoms with Gasteiger partial charge in [-0.1, -0.05) is 182 Å². The van der Waals surface area contributed by atoms with Crippen molar-refractivity contribution in [1.29, 1.82) is 0 Å². The summed E-state index contributed by atoms with van der Waals surface area (Å²) in [6, 6.07) is 54.2. The molecule has 17 nitrogen and oxygen atoms in total. The number of hydrogen-bond donors (Lipinski definition) is 1. The second-order valence-corrected chi connectivity index (χ2v) is 19.9. The summed E-state index contributed by atoms with van der Waals surface area (Å²) in [6.45, 7) is 0.301. The predicted molar refractivity (Wildman–Crippen MR) is 307 cm³/mol. The minimum atomic E-state index is -1.00. The van der Waals surface area contributed by atoms with E-state index < -0.39 is 55.1 Å². The van der Waals surface area contributed by atoms with E-state index in [1.807, 2.05) is 187 Å². The molecule has 9 rings (SSSR count). The zero-order valence-electron chi connectivity index (χ0n) is 50.2. The summed E-state index contributed by atoms with van der Waals surface area (Å²) in [7, 11) is 1.63. The Morgan fingerprint density at radius 3 is 1.48 bits per heavy atom. The number of carbonyl (C=O) groups excluding carboxylic acids is 7. The van der Waals surface area contributed by atoms with Crippen LogP contribution < -0.4 is 143 Å². The van der Waals surface area contributed by atoms with Crippen LogP contribution in [-0.4, -0.2) is 163 Å². The smallest absolute Gasteiger partial charge is 1.00 e. The van der Waals surface area contributed by atoms with E-state index >= 15 is 0 Å². The number of alkyl halides is 2. The molecule has 0 saturated carbocycles. The molecule has 0 unspecified atom stereocenters. The molecule has 0 aromatic heterocycles. The largest absolute Gasteiger partial charge is 1.00 e. The number of benzene rings is 6. The fraction of sp³-hybridized carbons (Fsp3) is 0.328. The van der Waals surface area contributed by atoms with Crippen molar-refractivity contribution in [3.8, 4) is 0 Å². The van der Waals surface area contributed by atoms with Crippen LogP contribution in [-0.2, 0) is 65.5 Å². The molecule has 3 heterocycles. The molecular weight excluding hydrogens is 1350 g/mol. The Labute approximate surface area is 621 Å². The Morgan fingerprint density at radius 2 is 1.09 bits per heavy atom. The number of carbonyl (C=O) groups is 7. The molecule has 85 heavy (non-hydrogen) atoms. The van der Waals surface area contributed by atoms with Crippen LogP contribution in [0.2, 0.25) is 0 Å². The SMILES string of the molecule is COC(=O)[C@@H]1C[C@H](N(C(=O)CCl)[C@H](CO)Cc2ccccc2)CN1C(=O)C(c1ccccc1)c1ccccc1.COC(=O)[C@@H]1C[C@H](N2C(=O)COC[C@@H]2Cc2ccccc2)CN1C(=O)C(c1ccccc1)c1ccccc1.O=CO[O-].[2H]CF.[Cs+].[Cs+].[H-]. The molecule has 0 bridgehead atoms. The monoisotopic (exact) mass is 1420 g/mol. The molecule has 6 aromatic rings.